The van der Waals surface area contributed by atoms with Crippen LogP contribution in [0.25, 0.3) is 0 Å². The highest BCUT2D eigenvalue weighted by Crippen LogP contribution is 2.37. The topological polar surface area (TPSA) is 35.5 Å². The lowest BCUT2D eigenvalue weighted by Crippen LogP contribution is -2.15. The molecule has 2 aromatic rings. The van der Waals surface area contributed by atoms with Gasteiger partial charge in [0, 0.05) is 15.4 Å². The fourth-order valence-electron chi connectivity index (χ4n) is 1.88. The molecule has 0 saturated heterocycles. The maximum atomic E-state index is 11.0. The molecule has 19 heavy (non-hydrogen) atoms. The molecule has 0 fully saturated rings. The summed E-state index contributed by atoms with van der Waals surface area (Å²) >= 11 is 1.54. The van der Waals surface area contributed by atoms with E-state index in [4.69, 9.17) is 9.47 Å². The van der Waals surface area contributed by atoms with Gasteiger partial charge in [0.2, 0.25) is 0 Å². The van der Waals surface area contributed by atoms with Crippen molar-refractivity contribution < 1.29 is 14.3 Å². The Morgan fingerprint density at radius 2 is 1.79 bits per heavy atom. The molecular weight excluding hydrogens is 260 g/mol. The Bertz CT molecular complexity index is 610. The van der Waals surface area contributed by atoms with Gasteiger partial charge in [-0.25, -0.2) is 0 Å². The second kappa shape index (κ2) is 5.36. The van der Waals surface area contributed by atoms with Crippen LogP contribution in [-0.2, 0) is 0 Å². The van der Waals surface area contributed by atoms with E-state index in [0.717, 1.165) is 27.6 Å². The highest BCUT2D eigenvalue weighted by atomic mass is 32.2. The van der Waals surface area contributed by atoms with E-state index in [0.29, 0.717) is 18.8 Å². The molecule has 1 aliphatic rings. The minimum absolute atomic E-state index is 0.575. The number of ether oxygens (including phenoxy) is 2. The fourth-order valence-corrected chi connectivity index (χ4v) is 2.82. The molecule has 3 rings (SSSR count). The zero-order valence-electron chi connectivity index (χ0n) is 10.2. The molecule has 1 heterocycles. The highest BCUT2D eigenvalue weighted by molar-refractivity contribution is 7.99. The van der Waals surface area contributed by atoms with Gasteiger partial charge in [0.1, 0.15) is 13.2 Å². The summed E-state index contributed by atoms with van der Waals surface area (Å²) in [6.07, 6.45) is 0.875. The molecule has 0 bridgehead atoms. The van der Waals surface area contributed by atoms with Crippen LogP contribution in [-0.4, -0.2) is 19.5 Å². The van der Waals surface area contributed by atoms with E-state index in [9.17, 15) is 4.79 Å². The molecule has 0 radical (unpaired) electrons. The second-order valence-electron chi connectivity index (χ2n) is 4.06. The molecule has 0 unspecified atom stereocenters. The molecule has 0 amide bonds. The van der Waals surface area contributed by atoms with Crippen LogP contribution >= 0.6 is 11.8 Å². The van der Waals surface area contributed by atoms with Gasteiger partial charge in [0.25, 0.3) is 0 Å². The van der Waals surface area contributed by atoms with Gasteiger partial charge in [-0.1, -0.05) is 30.0 Å². The maximum absolute atomic E-state index is 11.0. The lowest BCUT2D eigenvalue weighted by Gasteiger charge is -2.18. The van der Waals surface area contributed by atoms with Crippen molar-refractivity contribution >= 4 is 18.0 Å². The highest BCUT2D eigenvalue weighted by Gasteiger charge is 2.12. The first-order chi connectivity index (χ1) is 9.36. The van der Waals surface area contributed by atoms with E-state index in [1.165, 1.54) is 0 Å². The number of fused-ring (bicyclic) bond motifs is 1. The Hall–Kier alpha value is -1.94. The fraction of sp³-hybridized carbons (Fsp3) is 0.133. The van der Waals surface area contributed by atoms with Crippen molar-refractivity contribution in [2.24, 2.45) is 0 Å². The normalized spacial score (nSPS) is 13.1. The summed E-state index contributed by atoms with van der Waals surface area (Å²) in [4.78, 5) is 13.0. The van der Waals surface area contributed by atoms with E-state index in [-0.39, 0.29) is 0 Å². The van der Waals surface area contributed by atoms with Gasteiger partial charge >= 0.3 is 0 Å². The first-order valence-electron chi connectivity index (χ1n) is 5.98. The average molecular weight is 272 g/mol. The number of hydrogen-bond donors (Lipinski definition) is 0. The van der Waals surface area contributed by atoms with Gasteiger partial charge in [0.15, 0.2) is 17.8 Å². The summed E-state index contributed by atoms with van der Waals surface area (Å²) in [5.41, 5.74) is 0.697. The van der Waals surface area contributed by atoms with Crippen LogP contribution in [0.4, 0.5) is 0 Å². The number of carbonyl (C=O) groups is 1. The van der Waals surface area contributed by atoms with Gasteiger partial charge in [-0.05, 0) is 24.3 Å². The summed E-state index contributed by atoms with van der Waals surface area (Å²) in [5, 5.41) is 0. The van der Waals surface area contributed by atoms with Crippen LogP contribution in [0.2, 0.25) is 0 Å². The third kappa shape index (κ3) is 2.58. The van der Waals surface area contributed by atoms with Crippen LogP contribution in [0, 0.1) is 0 Å². The lowest BCUT2D eigenvalue weighted by molar-refractivity contribution is 0.112. The number of aldehydes is 1. The Morgan fingerprint density at radius 3 is 2.63 bits per heavy atom. The molecule has 1 aliphatic heterocycles. The second-order valence-corrected chi connectivity index (χ2v) is 5.18. The summed E-state index contributed by atoms with van der Waals surface area (Å²) in [5.74, 6) is 1.54. The first-order valence-corrected chi connectivity index (χ1v) is 6.80. The van der Waals surface area contributed by atoms with Gasteiger partial charge in [-0.2, -0.15) is 0 Å². The van der Waals surface area contributed by atoms with Crippen LogP contribution in [0.15, 0.2) is 52.3 Å². The summed E-state index contributed by atoms with van der Waals surface area (Å²) in [6, 6.07) is 13.4. The van der Waals surface area contributed by atoms with Crippen molar-refractivity contribution in [1.82, 2.24) is 0 Å². The molecule has 0 aliphatic carbocycles. The molecule has 4 heteroatoms. The van der Waals surface area contributed by atoms with Crippen LogP contribution in [0.5, 0.6) is 11.5 Å². The Labute approximate surface area is 115 Å². The van der Waals surface area contributed by atoms with Crippen molar-refractivity contribution in [3.8, 4) is 11.5 Å². The average Bonchev–Trinajstić information content (AvgIpc) is 2.48. The zero-order chi connectivity index (χ0) is 13.1. The minimum Gasteiger partial charge on any atom is -0.486 e. The van der Waals surface area contributed by atoms with Gasteiger partial charge < -0.3 is 9.47 Å². The summed E-state index contributed by atoms with van der Waals surface area (Å²) in [7, 11) is 0. The van der Waals surface area contributed by atoms with Crippen molar-refractivity contribution in [1.29, 1.82) is 0 Å². The number of benzene rings is 2. The maximum Gasteiger partial charge on any atom is 0.162 e. The third-order valence-electron chi connectivity index (χ3n) is 2.79. The van der Waals surface area contributed by atoms with Crippen LogP contribution in [0.1, 0.15) is 10.4 Å². The summed E-state index contributed by atoms with van der Waals surface area (Å²) < 4.78 is 11.0. The Kier molecular flexibility index (Phi) is 3.42. The molecule has 0 aromatic heterocycles. The van der Waals surface area contributed by atoms with Gasteiger partial charge in [0.05, 0.1) is 0 Å². The predicted molar refractivity (Wildman–Crippen MR) is 73.4 cm³/mol. The number of rotatable bonds is 3. The molecule has 0 saturated carbocycles. The van der Waals surface area contributed by atoms with Gasteiger partial charge in [-0.15, -0.1) is 0 Å². The third-order valence-corrected chi connectivity index (χ3v) is 3.87. The first kappa shape index (κ1) is 12.1. The molecule has 0 spiro atoms. The smallest absolute Gasteiger partial charge is 0.162 e. The molecule has 2 aromatic carbocycles. The molecule has 96 valence electrons. The molecule has 3 nitrogen and oxygen atoms in total. The van der Waals surface area contributed by atoms with Crippen LogP contribution in [0.3, 0.4) is 0 Å². The summed E-state index contributed by atoms with van der Waals surface area (Å²) in [6.45, 7) is 1.17. The standard InChI is InChI=1S/C15H12O3S/c16-10-11-3-1-2-4-15(11)19-12-5-6-13-14(9-12)18-8-7-17-13/h1-6,9-10H,7-8H2. The van der Waals surface area contributed by atoms with Crippen molar-refractivity contribution in [2.45, 2.75) is 9.79 Å². The molecular formula is C15H12O3S. The lowest BCUT2D eigenvalue weighted by atomic mass is 10.2. The predicted octanol–water partition coefficient (Wildman–Crippen LogP) is 3.42. The van der Waals surface area contributed by atoms with Crippen molar-refractivity contribution in [3.05, 3.63) is 48.0 Å². The van der Waals surface area contributed by atoms with Crippen molar-refractivity contribution in [3.63, 3.8) is 0 Å². The number of hydrogen-bond acceptors (Lipinski definition) is 4. The van der Waals surface area contributed by atoms with E-state index >= 15 is 0 Å². The van der Waals surface area contributed by atoms with Crippen molar-refractivity contribution in [2.75, 3.05) is 13.2 Å². The monoisotopic (exact) mass is 272 g/mol. The van der Waals surface area contributed by atoms with E-state index in [1.807, 2.05) is 42.5 Å². The molecule has 0 N–H and O–H groups in total. The van der Waals surface area contributed by atoms with E-state index < -0.39 is 0 Å². The Balaban J connectivity index is 1.89. The van der Waals surface area contributed by atoms with Gasteiger partial charge in [-0.3, -0.25) is 4.79 Å². The van der Waals surface area contributed by atoms with E-state index in [1.54, 1.807) is 11.8 Å². The minimum atomic E-state index is 0.575. The van der Waals surface area contributed by atoms with Crippen LogP contribution < -0.4 is 9.47 Å². The largest absolute Gasteiger partial charge is 0.486 e. The molecule has 0 atom stereocenters. The number of carbonyl (C=O) groups excluding carboxylic acids is 1. The Morgan fingerprint density at radius 1 is 1.00 bits per heavy atom. The quantitative estimate of drug-likeness (QED) is 0.802. The SMILES string of the molecule is O=Cc1ccccc1Sc1ccc2c(c1)OCCO2. The zero-order valence-corrected chi connectivity index (χ0v) is 11.0. The van der Waals surface area contributed by atoms with E-state index in [2.05, 4.69) is 0 Å².